The molecule has 1 aliphatic heterocycles. The van der Waals surface area contributed by atoms with Gasteiger partial charge in [0.05, 0.1) is 24.3 Å². The average Bonchev–Trinajstić information content (AvgIpc) is 2.79. The predicted molar refractivity (Wildman–Crippen MR) is 71.6 cm³/mol. The molecule has 1 aromatic rings. The minimum Gasteiger partial charge on any atom is -0.495 e. The van der Waals surface area contributed by atoms with Crippen LogP contribution in [0.5, 0.6) is 5.75 Å². The van der Waals surface area contributed by atoms with Crippen molar-refractivity contribution in [3.8, 4) is 5.75 Å². The van der Waals surface area contributed by atoms with Gasteiger partial charge in [0.15, 0.2) is 0 Å². The fraction of sp³-hybridized carbons (Fsp3) is 0.538. The van der Waals surface area contributed by atoms with E-state index in [2.05, 4.69) is 12.3 Å². The van der Waals surface area contributed by atoms with Crippen LogP contribution in [0.3, 0.4) is 0 Å². The van der Waals surface area contributed by atoms with Crippen LogP contribution in [-0.2, 0) is 4.74 Å². The third kappa shape index (κ3) is 2.62. The van der Waals surface area contributed by atoms with E-state index in [-0.39, 0.29) is 12.1 Å². The summed E-state index contributed by atoms with van der Waals surface area (Å²) in [5, 5.41) is 0.595. The summed E-state index contributed by atoms with van der Waals surface area (Å²) >= 11 is 6.02. The van der Waals surface area contributed by atoms with Crippen LogP contribution in [0, 0.1) is 5.92 Å². The molecule has 1 aromatic carbocycles. The molecule has 0 amide bonds. The van der Waals surface area contributed by atoms with E-state index in [1.807, 2.05) is 18.2 Å². The molecule has 4 nitrogen and oxygen atoms in total. The second-order valence-corrected chi connectivity index (χ2v) is 5.05. The molecule has 1 aliphatic rings. The normalized spacial score (nSPS) is 25.1. The third-order valence-corrected chi connectivity index (χ3v) is 3.80. The third-order valence-electron chi connectivity index (χ3n) is 3.49. The summed E-state index contributed by atoms with van der Waals surface area (Å²) in [6, 6.07) is 5.62. The highest BCUT2D eigenvalue weighted by Gasteiger charge is 2.32. The predicted octanol–water partition coefficient (Wildman–Crippen LogP) is 2.28. The first-order valence-corrected chi connectivity index (χ1v) is 6.46. The average molecular weight is 271 g/mol. The molecule has 0 bridgehead atoms. The lowest BCUT2D eigenvalue weighted by Crippen LogP contribution is -2.38. The van der Waals surface area contributed by atoms with Gasteiger partial charge in [-0.3, -0.25) is 11.3 Å². The van der Waals surface area contributed by atoms with E-state index in [9.17, 15) is 0 Å². The van der Waals surface area contributed by atoms with Crippen LogP contribution < -0.4 is 16.0 Å². The Morgan fingerprint density at radius 1 is 1.56 bits per heavy atom. The quantitative estimate of drug-likeness (QED) is 0.651. The zero-order chi connectivity index (χ0) is 13.1. The summed E-state index contributed by atoms with van der Waals surface area (Å²) in [6.45, 7) is 2.96. The summed E-state index contributed by atoms with van der Waals surface area (Å²) in [4.78, 5) is 0. The zero-order valence-corrected chi connectivity index (χ0v) is 11.4. The Kier molecular flexibility index (Phi) is 4.45. The Labute approximate surface area is 112 Å². The number of methoxy groups -OCH3 is 1. The van der Waals surface area contributed by atoms with Gasteiger partial charge in [-0.1, -0.05) is 24.6 Å². The number of halogens is 1. The number of rotatable bonds is 4. The van der Waals surface area contributed by atoms with Crippen molar-refractivity contribution in [3.63, 3.8) is 0 Å². The van der Waals surface area contributed by atoms with Crippen LogP contribution in [-0.4, -0.2) is 19.8 Å². The zero-order valence-electron chi connectivity index (χ0n) is 10.7. The number of hydrazine groups is 1. The van der Waals surface area contributed by atoms with Gasteiger partial charge in [-0.15, -0.1) is 0 Å². The minimum absolute atomic E-state index is 0.0475. The first-order valence-electron chi connectivity index (χ1n) is 6.08. The maximum absolute atomic E-state index is 6.02. The van der Waals surface area contributed by atoms with E-state index < -0.39 is 0 Å². The molecule has 0 aromatic heterocycles. The van der Waals surface area contributed by atoms with Crippen molar-refractivity contribution in [2.24, 2.45) is 11.8 Å². The van der Waals surface area contributed by atoms with Crippen molar-refractivity contribution in [2.45, 2.75) is 25.5 Å². The van der Waals surface area contributed by atoms with E-state index in [0.717, 1.165) is 18.6 Å². The Morgan fingerprint density at radius 2 is 2.33 bits per heavy atom. The monoisotopic (exact) mass is 270 g/mol. The summed E-state index contributed by atoms with van der Waals surface area (Å²) in [5.74, 6) is 6.80. The van der Waals surface area contributed by atoms with Crippen molar-refractivity contribution in [3.05, 3.63) is 28.8 Å². The van der Waals surface area contributed by atoms with Crippen LogP contribution in [0.2, 0.25) is 5.02 Å². The van der Waals surface area contributed by atoms with Crippen molar-refractivity contribution in [1.82, 2.24) is 5.43 Å². The highest BCUT2D eigenvalue weighted by molar-refractivity contribution is 6.32. The number of ether oxygens (including phenoxy) is 2. The molecule has 0 radical (unpaired) electrons. The van der Waals surface area contributed by atoms with E-state index >= 15 is 0 Å². The molecule has 5 heteroatoms. The Balaban J connectivity index is 2.27. The van der Waals surface area contributed by atoms with Crippen LogP contribution in [0.25, 0.3) is 0 Å². The van der Waals surface area contributed by atoms with Crippen molar-refractivity contribution in [1.29, 1.82) is 0 Å². The van der Waals surface area contributed by atoms with E-state index in [1.165, 1.54) is 0 Å². The molecule has 1 heterocycles. The summed E-state index contributed by atoms with van der Waals surface area (Å²) in [5.41, 5.74) is 3.86. The molecule has 3 unspecified atom stereocenters. The van der Waals surface area contributed by atoms with Crippen molar-refractivity contribution >= 4 is 11.6 Å². The fourth-order valence-corrected chi connectivity index (χ4v) is 2.59. The van der Waals surface area contributed by atoms with Crippen LogP contribution >= 0.6 is 11.6 Å². The smallest absolute Gasteiger partial charge is 0.137 e. The highest BCUT2D eigenvalue weighted by Crippen LogP contribution is 2.34. The van der Waals surface area contributed by atoms with Gasteiger partial charge < -0.3 is 9.47 Å². The number of nitrogens with one attached hydrogen (secondary N) is 1. The van der Waals surface area contributed by atoms with E-state index in [4.69, 9.17) is 26.9 Å². The Bertz CT molecular complexity index is 414. The number of hydrogen-bond donors (Lipinski definition) is 2. The van der Waals surface area contributed by atoms with Crippen LogP contribution in [0.1, 0.15) is 24.9 Å². The van der Waals surface area contributed by atoms with Gasteiger partial charge in [-0.05, 0) is 30.0 Å². The molecule has 3 N–H and O–H groups in total. The van der Waals surface area contributed by atoms with Gasteiger partial charge in [-0.25, -0.2) is 0 Å². The molecule has 0 aliphatic carbocycles. The minimum atomic E-state index is -0.0475. The van der Waals surface area contributed by atoms with Gasteiger partial charge in [0.2, 0.25) is 0 Å². The molecule has 3 atom stereocenters. The lowest BCUT2D eigenvalue weighted by molar-refractivity contribution is 0.0607. The van der Waals surface area contributed by atoms with Gasteiger partial charge in [-0.2, -0.15) is 0 Å². The molecule has 2 rings (SSSR count). The van der Waals surface area contributed by atoms with E-state index in [1.54, 1.807) is 7.11 Å². The Morgan fingerprint density at radius 3 is 2.89 bits per heavy atom. The highest BCUT2D eigenvalue weighted by atomic mass is 35.5. The number of hydrogen-bond acceptors (Lipinski definition) is 4. The fourth-order valence-electron chi connectivity index (χ4n) is 2.39. The molecule has 0 spiro atoms. The second-order valence-electron chi connectivity index (χ2n) is 4.64. The molecular weight excluding hydrogens is 252 g/mol. The summed E-state index contributed by atoms with van der Waals surface area (Å²) in [7, 11) is 1.60. The molecule has 18 heavy (non-hydrogen) atoms. The first kappa shape index (κ1) is 13.6. The van der Waals surface area contributed by atoms with Crippen molar-refractivity contribution in [2.75, 3.05) is 13.7 Å². The Hall–Kier alpha value is -0.810. The molecule has 100 valence electrons. The lowest BCUT2D eigenvalue weighted by Gasteiger charge is -2.26. The maximum Gasteiger partial charge on any atom is 0.137 e. The molecule has 1 saturated heterocycles. The number of nitrogens with two attached hydrogens (primary N) is 1. The SMILES string of the molecule is COc1cc(C(NN)C2OCCC2C)ccc1Cl. The largest absolute Gasteiger partial charge is 0.495 e. The van der Waals surface area contributed by atoms with Crippen molar-refractivity contribution < 1.29 is 9.47 Å². The van der Waals surface area contributed by atoms with Crippen LogP contribution in [0.4, 0.5) is 0 Å². The topological polar surface area (TPSA) is 56.5 Å². The van der Waals surface area contributed by atoms with Gasteiger partial charge >= 0.3 is 0 Å². The lowest BCUT2D eigenvalue weighted by atomic mass is 9.93. The summed E-state index contributed by atoms with van der Waals surface area (Å²) < 4.78 is 11.0. The second kappa shape index (κ2) is 5.89. The molecule has 1 fully saturated rings. The summed E-state index contributed by atoms with van der Waals surface area (Å²) in [6.07, 6.45) is 1.15. The van der Waals surface area contributed by atoms with Gasteiger partial charge in [0.25, 0.3) is 0 Å². The maximum atomic E-state index is 6.02. The van der Waals surface area contributed by atoms with E-state index in [0.29, 0.717) is 16.7 Å². The molecular formula is C13H19ClN2O2. The van der Waals surface area contributed by atoms with Gasteiger partial charge in [0, 0.05) is 6.61 Å². The number of benzene rings is 1. The first-order chi connectivity index (χ1) is 8.67. The standard InChI is InChI=1S/C13H19ClN2O2/c1-8-5-6-18-13(8)12(16-15)9-3-4-10(14)11(7-9)17-2/h3-4,7-8,12-13,16H,5-6,15H2,1-2H3. The van der Waals surface area contributed by atoms with Crippen LogP contribution in [0.15, 0.2) is 18.2 Å². The van der Waals surface area contributed by atoms with Gasteiger partial charge in [0.1, 0.15) is 5.75 Å². The molecule has 0 saturated carbocycles.